The van der Waals surface area contributed by atoms with E-state index in [4.69, 9.17) is 10.5 Å². The lowest BCUT2D eigenvalue weighted by molar-refractivity contribution is 0.414. The fourth-order valence-electron chi connectivity index (χ4n) is 1.67. The molecular weight excluding hydrogens is 198 g/mol. The second-order valence-corrected chi connectivity index (χ2v) is 4.65. The van der Waals surface area contributed by atoms with Crippen molar-refractivity contribution in [3.8, 4) is 5.75 Å². The molecule has 0 saturated heterocycles. The predicted molar refractivity (Wildman–Crippen MR) is 68.7 cm³/mol. The van der Waals surface area contributed by atoms with E-state index in [2.05, 4.69) is 26.0 Å². The molecule has 1 unspecified atom stereocenters. The Morgan fingerprint density at radius 2 is 1.81 bits per heavy atom. The summed E-state index contributed by atoms with van der Waals surface area (Å²) in [5.74, 6) is 1.50. The first-order chi connectivity index (χ1) is 7.63. The van der Waals surface area contributed by atoms with Gasteiger partial charge in [0.2, 0.25) is 0 Å². The van der Waals surface area contributed by atoms with Crippen LogP contribution in [-0.4, -0.2) is 13.2 Å². The third-order valence-electron chi connectivity index (χ3n) is 3.02. The lowest BCUT2D eigenvalue weighted by atomic mass is 9.98. The average Bonchev–Trinajstić information content (AvgIpc) is 2.29. The van der Waals surface area contributed by atoms with Crippen LogP contribution in [0.15, 0.2) is 24.3 Å². The molecule has 0 bridgehead atoms. The van der Waals surface area contributed by atoms with Gasteiger partial charge in [0, 0.05) is 6.04 Å². The Morgan fingerprint density at radius 1 is 1.19 bits per heavy atom. The molecule has 1 atom stereocenters. The van der Waals surface area contributed by atoms with Crippen LogP contribution >= 0.6 is 0 Å². The second kappa shape index (κ2) is 6.54. The van der Waals surface area contributed by atoms with Gasteiger partial charge in [0.1, 0.15) is 5.75 Å². The van der Waals surface area contributed by atoms with Gasteiger partial charge >= 0.3 is 0 Å². The largest absolute Gasteiger partial charge is 0.497 e. The molecule has 16 heavy (non-hydrogen) atoms. The highest BCUT2D eigenvalue weighted by Crippen LogP contribution is 2.14. The summed E-state index contributed by atoms with van der Waals surface area (Å²) in [5, 5.41) is 0. The van der Waals surface area contributed by atoms with Crippen molar-refractivity contribution in [3.63, 3.8) is 0 Å². The van der Waals surface area contributed by atoms with E-state index in [0.29, 0.717) is 12.0 Å². The Kier molecular flexibility index (Phi) is 5.33. The van der Waals surface area contributed by atoms with Crippen LogP contribution in [0, 0.1) is 5.92 Å². The van der Waals surface area contributed by atoms with Crippen LogP contribution in [0.1, 0.15) is 32.3 Å². The van der Waals surface area contributed by atoms with Gasteiger partial charge < -0.3 is 10.5 Å². The number of hydrogen-bond donors (Lipinski definition) is 1. The van der Waals surface area contributed by atoms with Crippen LogP contribution in [0.3, 0.4) is 0 Å². The van der Waals surface area contributed by atoms with Gasteiger partial charge in [0.25, 0.3) is 0 Å². The summed E-state index contributed by atoms with van der Waals surface area (Å²) in [4.78, 5) is 0. The minimum absolute atomic E-state index is 0.332. The van der Waals surface area contributed by atoms with Crippen molar-refractivity contribution >= 4 is 0 Å². The van der Waals surface area contributed by atoms with E-state index in [1.54, 1.807) is 7.11 Å². The molecule has 0 aromatic heterocycles. The zero-order valence-electron chi connectivity index (χ0n) is 10.6. The summed E-state index contributed by atoms with van der Waals surface area (Å²) < 4.78 is 5.12. The highest BCUT2D eigenvalue weighted by atomic mass is 16.5. The van der Waals surface area contributed by atoms with Gasteiger partial charge in [-0.05, 0) is 42.9 Å². The molecule has 1 rings (SSSR count). The van der Waals surface area contributed by atoms with E-state index in [1.807, 2.05) is 12.1 Å². The number of ether oxygens (including phenoxy) is 1. The van der Waals surface area contributed by atoms with Gasteiger partial charge in [0.05, 0.1) is 7.11 Å². The molecule has 0 heterocycles. The standard InChI is InChI=1S/C14H23NO/c1-11(2)14(15)6-4-5-12-7-9-13(16-3)10-8-12/h7-11,14H,4-6,15H2,1-3H3. The van der Waals surface area contributed by atoms with E-state index < -0.39 is 0 Å². The molecule has 0 aliphatic rings. The van der Waals surface area contributed by atoms with Gasteiger partial charge in [-0.2, -0.15) is 0 Å². The van der Waals surface area contributed by atoms with Crippen molar-refractivity contribution in [2.24, 2.45) is 11.7 Å². The molecule has 0 aliphatic heterocycles. The van der Waals surface area contributed by atoms with Crippen LogP contribution in [0.5, 0.6) is 5.75 Å². The molecule has 2 N–H and O–H groups in total. The second-order valence-electron chi connectivity index (χ2n) is 4.65. The number of benzene rings is 1. The minimum atomic E-state index is 0.332. The van der Waals surface area contributed by atoms with Crippen LogP contribution in [0.2, 0.25) is 0 Å². The number of hydrogen-bond acceptors (Lipinski definition) is 2. The van der Waals surface area contributed by atoms with Crippen LogP contribution in [-0.2, 0) is 6.42 Å². The number of rotatable bonds is 6. The van der Waals surface area contributed by atoms with Gasteiger partial charge in [-0.3, -0.25) is 0 Å². The lowest BCUT2D eigenvalue weighted by Gasteiger charge is -2.14. The summed E-state index contributed by atoms with van der Waals surface area (Å²) in [6.45, 7) is 4.36. The zero-order chi connectivity index (χ0) is 12.0. The van der Waals surface area contributed by atoms with Gasteiger partial charge in [-0.1, -0.05) is 26.0 Å². The van der Waals surface area contributed by atoms with E-state index in [0.717, 1.165) is 25.0 Å². The highest BCUT2D eigenvalue weighted by Gasteiger charge is 2.06. The van der Waals surface area contributed by atoms with Crippen molar-refractivity contribution in [2.75, 3.05) is 7.11 Å². The SMILES string of the molecule is COc1ccc(CCCC(N)C(C)C)cc1. The molecule has 0 amide bonds. The molecule has 0 radical (unpaired) electrons. The molecule has 90 valence electrons. The summed E-state index contributed by atoms with van der Waals surface area (Å²) in [5.41, 5.74) is 7.36. The number of methoxy groups -OCH3 is 1. The average molecular weight is 221 g/mol. The first-order valence-corrected chi connectivity index (χ1v) is 6.02. The van der Waals surface area contributed by atoms with E-state index in [-0.39, 0.29) is 0 Å². The van der Waals surface area contributed by atoms with Crippen molar-refractivity contribution in [2.45, 2.75) is 39.2 Å². The quantitative estimate of drug-likeness (QED) is 0.801. The Labute approximate surface area is 98.8 Å². The van der Waals surface area contributed by atoms with Crippen molar-refractivity contribution in [3.05, 3.63) is 29.8 Å². The number of aryl methyl sites for hydroxylation is 1. The molecule has 2 heteroatoms. The van der Waals surface area contributed by atoms with Crippen molar-refractivity contribution < 1.29 is 4.74 Å². The van der Waals surface area contributed by atoms with Crippen molar-refractivity contribution in [1.82, 2.24) is 0 Å². The molecule has 0 spiro atoms. The normalized spacial score (nSPS) is 12.8. The first-order valence-electron chi connectivity index (χ1n) is 6.02. The predicted octanol–water partition coefficient (Wildman–Crippen LogP) is 3.00. The molecular formula is C14H23NO. The fourth-order valence-corrected chi connectivity index (χ4v) is 1.67. The number of nitrogens with two attached hydrogens (primary N) is 1. The smallest absolute Gasteiger partial charge is 0.118 e. The van der Waals surface area contributed by atoms with Gasteiger partial charge in [-0.25, -0.2) is 0 Å². The molecule has 0 saturated carbocycles. The van der Waals surface area contributed by atoms with Gasteiger partial charge in [-0.15, -0.1) is 0 Å². The Balaban J connectivity index is 2.31. The van der Waals surface area contributed by atoms with Crippen LogP contribution < -0.4 is 10.5 Å². The Morgan fingerprint density at radius 3 is 2.31 bits per heavy atom. The highest BCUT2D eigenvalue weighted by molar-refractivity contribution is 5.27. The zero-order valence-corrected chi connectivity index (χ0v) is 10.6. The molecule has 1 aromatic carbocycles. The molecule has 0 fully saturated rings. The first kappa shape index (κ1) is 13.0. The monoisotopic (exact) mass is 221 g/mol. The topological polar surface area (TPSA) is 35.2 Å². The molecule has 0 aliphatic carbocycles. The minimum Gasteiger partial charge on any atom is -0.497 e. The Hall–Kier alpha value is -1.02. The Bertz CT molecular complexity index is 292. The molecule has 1 aromatic rings. The van der Waals surface area contributed by atoms with E-state index in [1.165, 1.54) is 5.56 Å². The molecule has 2 nitrogen and oxygen atoms in total. The maximum atomic E-state index is 6.01. The van der Waals surface area contributed by atoms with E-state index >= 15 is 0 Å². The van der Waals surface area contributed by atoms with Gasteiger partial charge in [0.15, 0.2) is 0 Å². The summed E-state index contributed by atoms with van der Waals surface area (Å²) in [7, 11) is 1.69. The van der Waals surface area contributed by atoms with E-state index in [9.17, 15) is 0 Å². The summed E-state index contributed by atoms with van der Waals surface area (Å²) in [6, 6.07) is 8.60. The summed E-state index contributed by atoms with van der Waals surface area (Å²) in [6.07, 6.45) is 3.36. The third-order valence-corrected chi connectivity index (χ3v) is 3.02. The lowest BCUT2D eigenvalue weighted by Crippen LogP contribution is -2.26. The maximum absolute atomic E-state index is 6.01. The van der Waals surface area contributed by atoms with Crippen LogP contribution in [0.25, 0.3) is 0 Å². The fraction of sp³-hybridized carbons (Fsp3) is 0.571. The summed E-state index contributed by atoms with van der Waals surface area (Å²) >= 11 is 0. The maximum Gasteiger partial charge on any atom is 0.118 e. The van der Waals surface area contributed by atoms with Crippen molar-refractivity contribution in [1.29, 1.82) is 0 Å². The third kappa shape index (κ3) is 4.23. The van der Waals surface area contributed by atoms with Crippen LogP contribution in [0.4, 0.5) is 0 Å².